The summed E-state index contributed by atoms with van der Waals surface area (Å²) in [6, 6.07) is 4.91. The van der Waals surface area contributed by atoms with Crippen LogP contribution in [0.1, 0.15) is 23.5 Å². The molecule has 1 heterocycles. The predicted molar refractivity (Wildman–Crippen MR) is 55.8 cm³/mol. The molecule has 0 spiro atoms. The number of fused-ring (bicyclic) bond motifs is 3. The standard InChI is InChI=1S/C13H10F2O/c14-11-5-1-3-8-9-4-2-6-12(15)13(9)16-7-10(8)11/h1-3,5-6,9H,4,7H2. The summed E-state index contributed by atoms with van der Waals surface area (Å²) in [5.41, 5.74) is 1.40. The molecule has 0 saturated carbocycles. The lowest BCUT2D eigenvalue weighted by Crippen LogP contribution is -2.18. The lowest BCUT2D eigenvalue weighted by Gasteiger charge is -2.30. The van der Waals surface area contributed by atoms with Crippen LogP contribution in [-0.4, -0.2) is 0 Å². The molecular formula is C13H10F2O. The molecule has 1 aromatic carbocycles. The quantitative estimate of drug-likeness (QED) is 0.649. The van der Waals surface area contributed by atoms with Crippen LogP contribution in [0.25, 0.3) is 0 Å². The Morgan fingerprint density at radius 1 is 1.25 bits per heavy atom. The minimum atomic E-state index is -0.342. The second kappa shape index (κ2) is 3.44. The molecular weight excluding hydrogens is 210 g/mol. The first-order valence-electron chi connectivity index (χ1n) is 5.23. The molecule has 1 nitrogen and oxygen atoms in total. The Hall–Kier alpha value is -1.64. The molecule has 0 aromatic heterocycles. The van der Waals surface area contributed by atoms with E-state index in [1.54, 1.807) is 12.1 Å². The summed E-state index contributed by atoms with van der Waals surface area (Å²) in [6.45, 7) is 0.120. The van der Waals surface area contributed by atoms with Crippen LogP contribution in [0.15, 0.2) is 41.9 Å². The van der Waals surface area contributed by atoms with Gasteiger partial charge in [0.25, 0.3) is 0 Å². The highest BCUT2D eigenvalue weighted by molar-refractivity contribution is 5.42. The van der Waals surface area contributed by atoms with Crippen LogP contribution in [0.3, 0.4) is 0 Å². The molecule has 2 aliphatic rings. The van der Waals surface area contributed by atoms with Crippen molar-refractivity contribution in [2.24, 2.45) is 0 Å². The maximum atomic E-state index is 13.5. The average molecular weight is 220 g/mol. The number of hydrogen-bond acceptors (Lipinski definition) is 1. The van der Waals surface area contributed by atoms with Crippen molar-refractivity contribution in [2.75, 3.05) is 0 Å². The minimum absolute atomic E-state index is 0.120. The fraction of sp³-hybridized carbons (Fsp3) is 0.231. The van der Waals surface area contributed by atoms with Gasteiger partial charge in [-0.05, 0) is 24.1 Å². The van der Waals surface area contributed by atoms with Crippen LogP contribution in [0.5, 0.6) is 0 Å². The largest absolute Gasteiger partial charge is 0.489 e. The Morgan fingerprint density at radius 2 is 2.12 bits per heavy atom. The van der Waals surface area contributed by atoms with Crippen LogP contribution in [0.2, 0.25) is 0 Å². The molecule has 0 N–H and O–H groups in total. The van der Waals surface area contributed by atoms with E-state index in [0.717, 1.165) is 5.56 Å². The van der Waals surface area contributed by atoms with E-state index in [-0.39, 0.29) is 24.2 Å². The van der Waals surface area contributed by atoms with Gasteiger partial charge in [0.1, 0.15) is 18.2 Å². The van der Waals surface area contributed by atoms with E-state index in [0.29, 0.717) is 17.7 Å². The Balaban J connectivity index is 2.16. The minimum Gasteiger partial charge on any atom is -0.489 e. The Labute approximate surface area is 92.0 Å². The van der Waals surface area contributed by atoms with Crippen molar-refractivity contribution in [3.63, 3.8) is 0 Å². The monoisotopic (exact) mass is 220 g/mol. The van der Waals surface area contributed by atoms with E-state index in [9.17, 15) is 8.78 Å². The van der Waals surface area contributed by atoms with Crippen molar-refractivity contribution in [1.29, 1.82) is 0 Å². The van der Waals surface area contributed by atoms with Gasteiger partial charge in [-0.15, -0.1) is 0 Å². The zero-order valence-corrected chi connectivity index (χ0v) is 8.54. The van der Waals surface area contributed by atoms with Crippen LogP contribution >= 0.6 is 0 Å². The van der Waals surface area contributed by atoms with E-state index in [1.165, 1.54) is 12.1 Å². The first-order valence-corrected chi connectivity index (χ1v) is 5.23. The average Bonchev–Trinajstić information content (AvgIpc) is 2.30. The van der Waals surface area contributed by atoms with Crippen LogP contribution in [0.4, 0.5) is 8.78 Å². The van der Waals surface area contributed by atoms with E-state index in [1.807, 2.05) is 6.07 Å². The Bertz CT molecular complexity index is 503. The zero-order chi connectivity index (χ0) is 11.1. The highest BCUT2D eigenvalue weighted by Gasteiger charge is 2.31. The summed E-state index contributed by atoms with van der Waals surface area (Å²) in [7, 11) is 0. The molecule has 0 bridgehead atoms. The SMILES string of the molecule is FC1=C2OCc3c(F)cccc3C2CC=C1. The molecule has 1 aromatic rings. The number of allylic oxidation sites excluding steroid dienone is 4. The summed E-state index contributed by atoms with van der Waals surface area (Å²) in [5.74, 6) is -0.428. The molecule has 0 fully saturated rings. The molecule has 0 amide bonds. The highest BCUT2D eigenvalue weighted by Crippen LogP contribution is 2.41. The summed E-state index contributed by atoms with van der Waals surface area (Å²) in [5, 5.41) is 0. The second-order valence-corrected chi connectivity index (χ2v) is 4.00. The van der Waals surface area contributed by atoms with Crippen LogP contribution in [-0.2, 0) is 11.3 Å². The normalized spacial score (nSPS) is 22.5. The third-order valence-electron chi connectivity index (χ3n) is 3.09. The molecule has 1 atom stereocenters. The van der Waals surface area contributed by atoms with Crippen molar-refractivity contribution in [1.82, 2.24) is 0 Å². The molecule has 16 heavy (non-hydrogen) atoms. The second-order valence-electron chi connectivity index (χ2n) is 4.00. The molecule has 1 aliphatic heterocycles. The molecule has 0 saturated heterocycles. The first kappa shape index (κ1) is 9.58. The smallest absolute Gasteiger partial charge is 0.161 e. The third kappa shape index (κ3) is 1.28. The van der Waals surface area contributed by atoms with Gasteiger partial charge < -0.3 is 4.74 Å². The van der Waals surface area contributed by atoms with Gasteiger partial charge in [-0.25, -0.2) is 8.78 Å². The molecule has 3 heteroatoms. The van der Waals surface area contributed by atoms with Gasteiger partial charge >= 0.3 is 0 Å². The lowest BCUT2D eigenvalue weighted by atomic mass is 9.85. The van der Waals surface area contributed by atoms with Crippen molar-refractivity contribution in [3.05, 3.63) is 58.9 Å². The third-order valence-corrected chi connectivity index (χ3v) is 3.09. The summed E-state index contributed by atoms with van der Waals surface area (Å²) in [4.78, 5) is 0. The van der Waals surface area contributed by atoms with Gasteiger partial charge in [0.05, 0.1) is 0 Å². The number of benzene rings is 1. The van der Waals surface area contributed by atoms with Gasteiger partial charge in [-0.2, -0.15) is 0 Å². The number of ether oxygens (including phenoxy) is 1. The maximum Gasteiger partial charge on any atom is 0.161 e. The maximum absolute atomic E-state index is 13.5. The molecule has 1 unspecified atom stereocenters. The van der Waals surface area contributed by atoms with E-state index in [2.05, 4.69) is 0 Å². The summed E-state index contributed by atoms with van der Waals surface area (Å²) >= 11 is 0. The highest BCUT2D eigenvalue weighted by atomic mass is 19.1. The van der Waals surface area contributed by atoms with Gasteiger partial charge in [0, 0.05) is 11.5 Å². The molecule has 1 aliphatic carbocycles. The fourth-order valence-corrected chi connectivity index (χ4v) is 2.30. The molecule has 82 valence electrons. The van der Waals surface area contributed by atoms with Gasteiger partial charge in [-0.1, -0.05) is 18.2 Å². The van der Waals surface area contributed by atoms with Crippen molar-refractivity contribution >= 4 is 0 Å². The summed E-state index contributed by atoms with van der Waals surface area (Å²) in [6.07, 6.45) is 3.84. The van der Waals surface area contributed by atoms with Crippen LogP contribution in [0, 0.1) is 5.82 Å². The Kier molecular flexibility index (Phi) is 2.06. The lowest BCUT2D eigenvalue weighted by molar-refractivity contribution is 0.150. The van der Waals surface area contributed by atoms with Gasteiger partial charge in [-0.3, -0.25) is 0 Å². The van der Waals surface area contributed by atoms with Gasteiger partial charge in [0.15, 0.2) is 5.83 Å². The molecule has 3 rings (SSSR count). The van der Waals surface area contributed by atoms with E-state index in [4.69, 9.17) is 4.74 Å². The number of halogens is 2. The first-order chi connectivity index (χ1) is 7.77. The fourth-order valence-electron chi connectivity index (χ4n) is 2.30. The van der Waals surface area contributed by atoms with Gasteiger partial charge in [0.2, 0.25) is 0 Å². The van der Waals surface area contributed by atoms with Crippen molar-refractivity contribution in [2.45, 2.75) is 18.9 Å². The van der Waals surface area contributed by atoms with E-state index >= 15 is 0 Å². The van der Waals surface area contributed by atoms with Crippen LogP contribution < -0.4 is 0 Å². The Morgan fingerprint density at radius 3 is 3.00 bits per heavy atom. The summed E-state index contributed by atoms with van der Waals surface area (Å²) < 4.78 is 32.3. The number of hydrogen-bond donors (Lipinski definition) is 0. The number of rotatable bonds is 0. The zero-order valence-electron chi connectivity index (χ0n) is 8.54. The molecule has 0 radical (unpaired) electrons. The van der Waals surface area contributed by atoms with E-state index < -0.39 is 0 Å². The predicted octanol–water partition coefficient (Wildman–Crippen LogP) is 3.58. The van der Waals surface area contributed by atoms with Crippen molar-refractivity contribution in [3.8, 4) is 0 Å². The topological polar surface area (TPSA) is 9.23 Å². The van der Waals surface area contributed by atoms with Crippen molar-refractivity contribution < 1.29 is 13.5 Å².